The number of hydrogen-bond donors (Lipinski definition) is 1. The molecule has 0 aliphatic heterocycles. The van der Waals surface area contributed by atoms with Crippen LogP contribution in [0.4, 0.5) is 0 Å². The molecule has 1 aliphatic rings. The molecule has 0 amide bonds. The lowest BCUT2D eigenvalue weighted by molar-refractivity contribution is 0.532. The first-order valence-electron chi connectivity index (χ1n) is 7.34. The smallest absolute Gasteiger partial charge is 0.0694 e. The summed E-state index contributed by atoms with van der Waals surface area (Å²) in [4.78, 5) is 0. The quantitative estimate of drug-likeness (QED) is 0.867. The van der Waals surface area contributed by atoms with Crippen molar-refractivity contribution in [1.82, 2.24) is 15.1 Å². The monoisotopic (exact) mass is 281 g/mol. The molecule has 1 aliphatic carbocycles. The molecule has 3 nitrogen and oxygen atoms in total. The average Bonchev–Trinajstić information content (AvgIpc) is 2.97. The predicted molar refractivity (Wildman–Crippen MR) is 83.7 cm³/mol. The van der Waals surface area contributed by atoms with E-state index in [1.54, 1.807) is 0 Å². The summed E-state index contributed by atoms with van der Waals surface area (Å²) in [6, 6.07) is 0. The fourth-order valence-electron chi connectivity index (χ4n) is 3.07. The third kappa shape index (κ3) is 3.54. The van der Waals surface area contributed by atoms with Gasteiger partial charge < -0.3 is 5.32 Å². The van der Waals surface area contributed by atoms with Gasteiger partial charge in [-0.15, -0.1) is 0 Å². The van der Waals surface area contributed by atoms with E-state index in [-0.39, 0.29) is 0 Å². The van der Waals surface area contributed by atoms with Crippen LogP contribution in [0.2, 0.25) is 0 Å². The Kier molecular flexibility index (Phi) is 4.96. The minimum absolute atomic E-state index is 0.486. The fraction of sp³-hybridized carbons (Fsp3) is 0.800. The minimum Gasteiger partial charge on any atom is -0.311 e. The summed E-state index contributed by atoms with van der Waals surface area (Å²) in [5, 5.41) is 8.24. The molecule has 0 spiro atoms. The Morgan fingerprint density at radius 1 is 1.42 bits per heavy atom. The van der Waals surface area contributed by atoms with Crippen molar-refractivity contribution < 1.29 is 0 Å². The molecule has 1 N–H and O–H groups in total. The molecular weight excluding hydrogens is 254 g/mol. The molecule has 0 atom stereocenters. The van der Waals surface area contributed by atoms with Crippen molar-refractivity contribution in [3.05, 3.63) is 17.5 Å². The van der Waals surface area contributed by atoms with Crippen molar-refractivity contribution in [2.24, 2.45) is 7.05 Å². The molecule has 19 heavy (non-hydrogen) atoms. The molecule has 0 unspecified atom stereocenters. The van der Waals surface area contributed by atoms with E-state index in [4.69, 9.17) is 0 Å². The third-order valence-electron chi connectivity index (χ3n) is 4.19. The van der Waals surface area contributed by atoms with Gasteiger partial charge in [-0.2, -0.15) is 16.9 Å². The van der Waals surface area contributed by atoms with Crippen LogP contribution < -0.4 is 5.32 Å². The Labute approximate surface area is 121 Å². The summed E-state index contributed by atoms with van der Waals surface area (Å²) in [6.45, 7) is 6.50. The highest BCUT2D eigenvalue weighted by Crippen LogP contribution is 2.39. The van der Waals surface area contributed by atoms with E-state index in [2.05, 4.69) is 36.7 Å². The first kappa shape index (κ1) is 14.9. The number of thioether (sulfide) groups is 1. The SMILES string of the molecule is CSC1(CNCc2cn(C)nc2C(C)C)CCCC1. The summed E-state index contributed by atoms with van der Waals surface area (Å²) in [7, 11) is 2.01. The molecular formula is C15H27N3S. The second-order valence-corrected chi connectivity index (χ2v) is 7.34. The van der Waals surface area contributed by atoms with Crippen LogP contribution in [0.25, 0.3) is 0 Å². The number of nitrogens with one attached hydrogen (secondary N) is 1. The lowest BCUT2D eigenvalue weighted by atomic mass is 10.1. The van der Waals surface area contributed by atoms with Gasteiger partial charge in [-0.05, 0) is 25.0 Å². The number of hydrogen-bond acceptors (Lipinski definition) is 3. The van der Waals surface area contributed by atoms with Crippen molar-refractivity contribution >= 4 is 11.8 Å². The molecule has 0 radical (unpaired) electrons. The highest BCUT2D eigenvalue weighted by Gasteiger charge is 2.32. The zero-order valence-corrected chi connectivity index (χ0v) is 13.5. The lowest BCUT2D eigenvalue weighted by Gasteiger charge is -2.27. The van der Waals surface area contributed by atoms with E-state index in [0.29, 0.717) is 10.7 Å². The molecule has 108 valence electrons. The molecule has 1 heterocycles. The van der Waals surface area contributed by atoms with Crippen LogP contribution >= 0.6 is 11.8 Å². The van der Waals surface area contributed by atoms with Crippen LogP contribution in [0.15, 0.2) is 6.20 Å². The molecule has 0 aromatic carbocycles. The van der Waals surface area contributed by atoms with E-state index in [9.17, 15) is 0 Å². The Hall–Kier alpha value is -0.480. The largest absolute Gasteiger partial charge is 0.311 e. The highest BCUT2D eigenvalue weighted by molar-refractivity contribution is 8.00. The Bertz CT molecular complexity index is 406. The van der Waals surface area contributed by atoms with E-state index < -0.39 is 0 Å². The Balaban J connectivity index is 1.92. The molecule has 1 fully saturated rings. The molecule has 1 saturated carbocycles. The summed E-state index contributed by atoms with van der Waals surface area (Å²) in [5.74, 6) is 0.499. The number of aromatic nitrogens is 2. The topological polar surface area (TPSA) is 29.9 Å². The van der Waals surface area contributed by atoms with Gasteiger partial charge in [-0.3, -0.25) is 4.68 Å². The van der Waals surface area contributed by atoms with Crippen molar-refractivity contribution in [3.8, 4) is 0 Å². The second-order valence-electron chi connectivity index (χ2n) is 6.07. The van der Waals surface area contributed by atoms with Crippen molar-refractivity contribution in [2.75, 3.05) is 12.8 Å². The first-order chi connectivity index (χ1) is 9.06. The highest BCUT2D eigenvalue weighted by atomic mass is 32.2. The summed E-state index contributed by atoms with van der Waals surface area (Å²) >= 11 is 2.05. The van der Waals surface area contributed by atoms with Gasteiger partial charge in [-0.1, -0.05) is 26.7 Å². The normalized spacial score (nSPS) is 18.4. The second kappa shape index (κ2) is 6.31. The van der Waals surface area contributed by atoms with Crippen LogP contribution in [0, 0.1) is 0 Å². The Morgan fingerprint density at radius 3 is 2.68 bits per heavy atom. The maximum atomic E-state index is 4.57. The molecule has 1 aromatic heterocycles. The average molecular weight is 281 g/mol. The van der Waals surface area contributed by atoms with Gasteiger partial charge in [0.05, 0.1) is 5.69 Å². The number of aryl methyl sites for hydroxylation is 1. The predicted octanol–water partition coefficient (Wildman–Crippen LogP) is 3.31. The molecule has 4 heteroatoms. The van der Waals surface area contributed by atoms with Crippen LogP contribution in [-0.2, 0) is 13.6 Å². The maximum absolute atomic E-state index is 4.57. The van der Waals surface area contributed by atoms with Gasteiger partial charge >= 0.3 is 0 Å². The van der Waals surface area contributed by atoms with Gasteiger partial charge in [0, 0.05) is 36.6 Å². The summed E-state index contributed by atoms with van der Waals surface area (Å²) in [5.41, 5.74) is 2.59. The van der Waals surface area contributed by atoms with E-state index in [0.717, 1.165) is 13.1 Å². The standard InChI is InChI=1S/C15H27N3S/c1-12(2)14-13(10-18(3)17-14)9-16-11-15(19-4)7-5-6-8-15/h10,12,16H,5-9,11H2,1-4H3. The van der Waals surface area contributed by atoms with Gasteiger partial charge in [0.15, 0.2) is 0 Å². The zero-order valence-electron chi connectivity index (χ0n) is 12.7. The van der Waals surface area contributed by atoms with E-state index >= 15 is 0 Å². The molecule has 0 bridgehead atoms. The van der Waals surface area contributed by atoms with Gasteiger partial charge in [0.25, 0.3) is 0 Å². The van der Waals surface area contributed by atoms with Crippen molar-refractivity contribution in [3.63, 3.8) is 0 Å². The van der Waals surface area contributed by atoms with E-state index in [1.165, 1.54) is 36.9 Å². The fourth-order valence-corrected chi connectivity index (χ4v) is 4.02. The van der Waals surface area contributed by atoms with Gasteiger partial charge in [0.1, 0.15) is 0 Å². The minimum atomic E-state index is 0.486. The molecule has 2 rings (SSSR count). The zero-order chi connectivity index (χ0) is 13.9. The molecule has 0 saturated heterocycles. The maximum Gasteiger partial charge on any atom is 0.0694 e. The van der Waals surface area contributed by atoms with Crippen LogP contribution in [0.3, 0.4) is 0 Å². The summed E-state index contributed by atoms with van der Waals surface area (Å²) < 4.78 is 2.42. The Morgan fingerprint density at radius 2 is 2.11 bits per heavy atom. The van der Waals surface area contributed by atoms with Crippen molar-refractivity contribution in [1.29, 1.82) is 0 Å². The number of nitrogens with zero attached hydrogens (tertiary/aromatic N) is 2. The lowest BCUT2D eigenvalue weighted by Crippen LogP contribution is -2.34. The van der Waals surface area contributed by atoms with Crippen molar-refractivity contribution in [2.45, 2.75) is 56.7 Å². The first-order valence-corrected chi connectivity index (χ1v) is 8.57. The van der Waals surface area contributed by atoms with Crippen LogP contribution in [0.5, 0.6) is 0 Å². The number of rotatable bonds is 6. The van der Waals surface area contributed by atoms with Gasteiger partial charge in [-0.25, -0.2) is 0 Å². The van der Waals surface area contributed by atoms with Crippen LogP contribution in [0.1, 0.15) is 56.7 Å². The third-order valence-corrected chi connectivity index (χ3v) is 5.61. The summed E-state index contributed by atoms with van der Waals surface area (Å²) in [6.07, 6.45) is 9.94. The molecule has 1 aromatic rings. The van der Waals surface area contributed by atoms with Crippen LogP contribution in [-0.4, -0.2) is 27.3 Å². The van der Waals surface area contributed by atoms with Gasteiger partial charge in [0.2, 0.25) is 0 Å². The van der Waals surface area contributed by atoms with E-state index in [1.807, 2.05) is 23.5 Å².